The third-order valence-corrected chi connectivity index (χ3v) is 5.09. The number of amides is 1. The number of aromatic nitrogens is 1. The van der Waals surface area contributed by atoms with Crippen LogP contribution in [0, 0.1) is 10.1 Å². The fraction of sp³-hybridized carbons (Fsp3) is 0.0455. The highest BCUT2D eigenvalue weighted by Gasteiger charge is 2.44. The Bertz CT molecular complexity index is 1360. The maximum atomic E-state index is 13.3. The number of rotatable bonds is 3. The third kappa shape index (κ3) is 2.58. The molecule has 0 saturated carbocycles. The van der Waals surface area contributed by atoms with E-state index in [2.05, 4.69) is 4.98 Å². The number of pyridine rings is 1. The van der Waals surface area contributed by atoms with Crippen LogP contribution in [0.25, 0.3) is 11.0 Å². The Hall–Kier alpha value is -4.33. The second kappa shape index (κ2) is 6.63. The number of fused-ring (bicyclic) bond motifs is 2. The van der Waals surface area contributed by atoms with E-state index < -0.39 is 16.9 Å². The molecule has 0 radical (unpaired) electrons. The molecule has 4 aromatic rings. The molecule has 0 aliphatic carbocycles. The smallest absolute Gasteiger partial charge is 0.296 e. The lowest BCUT2D eigenvalue weighted by Gasteiger charge is -2.24. The van der Waals surface area contributed by atoms with Gasteiger partial charge >= 0.3 is 0 Å². The average molecular weight is 399 g/mol. The summed E-state index contributed by atoms with van der Waals surface area (Å²) >= 11 is 0. The summed E-state index contributed by atoms with van der Waals surface area (Å²) < 4.78 is 5.84. The van der Waals surface area contributed by atoms with Crippen molar-refractivity contribution < 1.29 is 14.1 Å². The Labute approximate surface area is 169 Å². The average Bonchev–Trinajstić information content (AvgIpc) is 3.07. The number of nitrogens with zero attached hydrogens (tertiary/aromatic N) is 3. The van der Waals surface area contributed by atoms with E-state index in [1.54, 1.807) is 48.7 Å². The van der Waals surface area contributed by atoms with Crippen molar-refractivity contribution in [2.75, 3.05) is 4.90 Å². The van der Waals surface area contributed by atoms with Crippen molar-refractivity contribution in [2.24, 2.45) is 0 Å². The molecule has 0 bridgehead atoms. The highest BCUT2D eigenvalue weighted by atomic mass is 16.6. The molecule has 1 amide bonds. The molecule has 30 heavy (non-hydrogen) atoms. The van der Waals surface area contributed by atoms with Crippen molar-refractivity contribution in [1.29, 1.82) is 0 Å². The van der Waals surface area contributed by atoms with Gasteiger partial charge in [0.25, 0.3) is 11.6 Å². The number of nitro benzene ring substituents is 1. The first-order valence-electron chi connectivity index (χ1n) is 9.11. The summed E-state index contributed by atoms with van der Waals surface area (Å²) in [6.45, 7) is 0. The summed E-state index contributed by atoms with van der Waals surface area (Å²) in [6, 6.07) is 16.8. The van der Waals surface area contributed by atoms with Crippen LogP contribution < -0.4 is 10.3 Å². The highest BCUT2D eigenvalue weighted by molar-refractivity contribution is 6.10. The van der Waals surface area contributed by atoms with Crippen molar-refractivity contribution in [2.45, 2.75) is 6.04 Å². The zero-order valence-corrected chi connectivity index (χ0v) is 15.4. The fourth-order valence-electron chi connectivity index (χ4n) is 3.75. The number of carbonyl (C=O) groups is 1. The molecule has 1 aliphatic rings. The summed E-state index contributed by atoms with van der Waals surface area (Å²) in [7, 11) is 0. The lowest BCUT2D eigenvalue weighted by molar-refractivity contribution is -0.384. The first-order chi connectivity index (χ1) is 14.6. The third-order valence-electron chi connectivity index (χ3n) is 5.09. The van der Waals surface area contributed by atoms with Crippen molar-refractivity contribution in [3.63, 3.8) is 0 Å². The van der Waals surface area contributed by atoms with E-state index in [9.17, 15) is 19.7 Å². The lowest BCUT2D eigenvalue weighted by Crippen LogP contribution is -2.30. The van der Waals surface area contributed by atoms with Gasteiger partial charge in [0, 0.05) is 18.3 Å². The Balaban J connectivity index is 1.79. The number of anilines is 1. The minimum absolute atomic E-state index is 0.0484. The van der Waals surface area contributed by atoms with Crippen LogP contribution in [-0.2, 0) is 0 Å². The van der Waals surface area contributed by atoms with Gasteiger partial charge in [-0.3, -0.25) is 24.6 Å². The number of hydrogen-bond donors (Lipinski definition) is 0. The molecule has 5 rings (SSSR count). The lowest BCUT2D eigenvalue weighted by atomic mass is 9.98. The quantitative estimate of drug-likeness (QED) is 0.383. The molecular formula is C22H13N3O5. The van der Waals surface area contributed by atoms with E-state index in [4.69, 9.17) is 4.42 Å². The SMILES string of the molecule is O=C1c2oc3ccccc3c(=O)c2C(c2ccc([N+](=O)[O-])cc2)N1c1ccccn1. The second-order valence-corrected chi connectivity index (χ2v) is 6.78. The molecule has 1 atom stereocenters. The van der Waals surface area contributed by atoms with Crippen LogP contribution in [0.4, 0.5) is 11.5 Å². The van der Waals surface area contributed by atoms with Crippen molar-refractivity contribution in [1.82, 2.24) is 4.98 Å². The van der Waals surface area contributed by atoms with E-state index in [0.29, 0.717) is 22.4 Å². The molecule has 0 N–H and O–H groups in total. The van der Waals surface area contributed by atoms with Crippen LogP contribution in [-0.4, -0.2) is 15.8 Å². The Kier molecular flexibility index (Phi) is 3.92. The van der Waals surface area contributed by atoms with Gasteiger partial charge in [-0.25, -0.2) is 4.98 Å². The minimum Gasteiger partial charge on any atom is -0.450 e. The molecule has 2 aromatic heterocycles. The summed E-state index contributed by atoms with van der Waals surface area (Å²) in [5.41, 5.74) is 0.652. The summed E-state index contributed by atoms with van der Waals surface area (Å²) in [5, 5.41) is 11.4. The van der Waals surface area contributed by atoms with Gasteiger partial charge in [-0.1, -0.05) is 18.2 Å². The van der Waals surface area contributed by atoms with Crippen molar-refractivity contribution >= 4 is 28.4 Å². The summed E-state index contributed by atoms with van der Waals surface area (Å²) in [6.07, 6.45) is 1.55. The van der Waals surface area contributed by atoms with Crippen LogP contribution >= 0.6 is 0 Å². The number of benzene rings is 2. The second-order valence-electron chi connectivity index (χ2n) is 6.78. The van der Waals surface area contributed by atoms with E-state index in [-0.39, 0.29) is 22.4 Å². The van der Waals surface area contributed by atoms with Crippen molar-refractivity contribution in [3.8, 4) is 0 Å². The number of non-ortho nitro benzene ring substituents is 1. The van der Waals surface area contributed by atoms with Gasteiger partial charge in [-0.2, -0.15) is 0 Å². The summed E-state index contributed by atoms with van der Waals surface area (Å²) in [4.78, 5) is 42.8. The van der Waals surface area contributed by atoms with E-state index >= 15 is 0 Å². The predicted octanol–water partition coefficient (Wildman–Crippen LogP) is 3.85. The van der Waals surface area contributed by atoms with Crippen LogP contribution in [0.5, 0.6) is 0 Å². The highest BCUT2D eigenvalue weighted by Crippen LogP contribution is 2.40. The van der Waals surface area contributed by atoms with Crippen LogP contribution in [0.2, 0.25) is 0 Å². The van der Waals surface area contributed by atoms with Gasteiger partial charge in [0.2, 0.25) is 5.76 Å². The molecule has 0 spiro atoms. The Morgan fingerprint density at radius 3 is 2.40 bits per heavy atom. The van der Waals surface area contributed by atoms with E-state index in [0.717, 1.165) is 0 Å². The van der Waals surface area contributed by atoms with Crippen molar-refractivity contribution in [3.05, 3.63) is 110 Å². The largest absolute Gasteiger partial charge is 0.450 e. The molecule has 3 heterocycles. The maximum absolute atomic E-state index is 13.3. The predicted molar refractivity (Wildman–Crippen MR) is 108 cm³/mol. The van der Waals surface area contributed by atoms with Gasteiger partial charge in [0.1, 0.15) is 11.4 Å². The molecule has 0 fully saturated rings. The van der Waals surface area contributed by atoms with Gasteiger partial charge in [0.05, 0.1) is 21.9 Å². The number of hydrogen-bond acceptors (Lipinski definition) is 6. The molecule has 2 aromatic carbocycles. The number of carbonyl (C=O) groups excluding carboxylic acids is 1. The van der Waals surface area contributed by atoms with Crippen LogP contribution in [0.3, 0.4) is 0 Å². The molecular weight excluding hydrogens is 386 g/mol. The number of nitro groups is 1. The zero-order chi connectivity index (χ0) is 20.8. The monoisotopic (exact) mass is 399 g/mol. The van der Waals surface area contributed by atoms with Crippen LogP contribution in [0.15, 0.2) is 82.1 Å². The molecule has 0 saturated heterocycles. The molecule has 8 nitrogen and oxygen atoms in total. The Morgan fingerprint density at radius 1 is 0.967 bits per heavy atom. The molecule has 146 valence electrons. The van der Waals surface area contributed by atoms with Gasteiger partial charge in [0.15, 0.2) is 5.43 Å². The zero-order valence-electron chi connectivity index (χ0n) is 15.4. The maximum Gasteiger partial charge on any atom is 0.296 e. The fourth-order valence-corrected chi connectivity index (χ4v) is 3.75. The molecule has 8 heteroatoms. The van der Waals surface area contributed by atoms with Gasteiger partial charge in [-0.05, 0) is 42.0 Å². The number of para-hydroxylation sites is 1. The van der Waals surface area contributed by atoms with E-state index in [1.165, 1.54) is 29.2 Å². The Morgan fingerprint density at radius 2 is 1.70 bits per heavy atom. The van der Waals surface area contributed by atoms with Crippen LogP contribution in [0.1, 0.15) is 27.7 Å². The summed E-state index contributed by atoms with van der Waals surface area (Å²) in [5.74, 6) is -0.191. The van der Waals surface area contributed by atoms with Gasteiger partial charge in [-0.15, -0.1) is 0 Å². The van der Waals surface area contributed by atoms with E-state index in [1.807, 2.05) is 0 Å². The van der Waals surface area contributed by atoms with Gasteiger partial charge < -0.3 is 4.42 Å². The first-order valence-corrected chi connectivity index (χ1v) is 9.11. The minimum atomic E-state index is -0.816. The standard InChI is InChI=1S/C22H13N3O5/c26-20-15-5-1-2-6-16(15)30-21-18(20)19(13-8-10-14(11-9-13)25(28)29)24(22(21)27)17-7-3-4-12-23-17/h1-12,19H. The first kappa shape index (κ1) is 17.7. The normalized spacial score (nSPS) is 15.4. The molecule has 1 aliphatic heterocycles. The topological polar surface area (TPSA) is 107 Å². The molecule has 1 unspecified atom stereocenters.